The number of fused-ring (bicyclic) bond motifs is 1. The number of benzene rings is 2. The van der Waals surface area contributed by atoms with Crippen LogP contribution in [0.1, 0.15) is 29.6 Å². The monoisotopic (exact) mass is 415 g/mol. The molecule has 3 aromatic rings. The van der Waals surface area contributed by atoms with Crippen LogP contribution in [0, 0.1) is 0 Å². The Bertz CT molecular complexity index is 929. The molecule has 0 saturated carbocycles. The zero-order valence-electron chi connectivity index (χ0n) is 14.4. The van der Waals surface area contributed by atoms with Gasteiger partial charge in [-0.05, 0) is 52.7 Å². The summed E-state index contributed by atoms with van der Waals surface area (Å²) in [5.74, 6) is 2.19. The molecule has 1 N–H and O–H groups in total. The summed E-state index contributed by atoms with van der Waals surface area (Å²) in [6.45, 7) is 0. The molecule has 0 bridgehead atoms. The van der Waals surface area contributed by atoms with E-state index in [2.05, 4.69) is 48.9 Å². The van der Waals surface area contributed by atoms with Crippen molar-refractivity contribution >= 4 is 21.9 Å². The van der Waals surface area contributed by atoms with E-state index in [0.717, 1.165) is 28.0 Å². The van der Waals surface area contributed by atoms with Gasteiger partial charge in [-0.15, -0.1) is 0 Å². The van der Waals surface area contributed by atoms with Crippen molar-refractivity contribution in [2.24, 2.45) is 0 Å². The number of ether oxygens (including phenoxy) is 2. The van der Waals surface area contributed by atoms with Gasteiger partial charge in [0.05, 0.1) is 26.3 Å². The topological polar surface area (TPSA) is 74.1 Å². The quantitative estimate of drug-likeness (QED) is 0.701. The Labute approximate surface area is 159 Å². The summed E-state index contributed by atoms with van der Waals surface area (Å²) in [7, 11) is 3.32. The molecule has 2 heterocycles. The highest BCUT2D eigenvalue weighted by atomic mass is 79.9. The smallest absolute Gasteiger partial charge is 0.243 e. The van der Waals surface area contributed by atoms with Gasteiger partial charge in [0.25, 0.3) is 0 Å². The van der Waals surface area contributed by atoms with Crippen molar-refractivity contribution in [3.63, 3.8) is 0 Å². The number of hydrogen-bond acceptors (Lipinski definition) is 6. The Morgan fingerprint density at radius 1 is 1.15 bits per heavy atom. The summed E-state index contributed by atoms with van der Waals surface area (Å²) >= 11 is 3.54. The minimum absolute atomic E-state index is 0.0738. The number of halogens is 1. The largest absolute Gasteiger partial charge is 0.497 e. The van der Waals surface area contributed by atoms with Crippen molar-refractivity contribution < 1.29 is 9.47 Å². The van der Waals surface area contributed by atoms with Crippen LogP contribution in [0.2, 0.25) is 0 Å². The Kier molecular flexibility index (Phi) is 4.50. The average molecular weight is 416 g/mol. The Morgan fingerprint density at radius 3 is 2.81 bits per heavy atom. The average Bonchev–Trinajstić information content (AvgIpc) is 3.15. The van der Waals surface area contributed by atoms with Crippen molar-refractivity contribution in [3.8, 4) is 11.5 Å². The normalized spacial score (nSPS) is 18.7. The number of nitrogens with zero attached hydrogens (tertiary/aromatic N) is 4. The summed E-state index contributed by atoms with van der Waals surface area (Å²) in [6.07, 6.45) is 0.776. The highest BCUT2D eigenvalue weighted by molar-refractivity contribution is 9.10. The lowest BCUT2D eigenvalue weighted by atomic mass is 9.92. The first-order valence-corrected chi connectivity index (χ1v) is 9.00. The number of anilines is 1. The third-order valence-electron chi connectivity index (χ3n) is 4.60. The van der Waals surface area contributed by atoms with Crippen molar-refractivity contribution in [3.05, 3.63) is 58.1 Å². The van der Waals surface area contributed by atoms with E-state index in [0.29, 0.717) is 5.95 Å². The first kappa shape index (κ1) is 16.8. The van der Waals surface area contributed by atoms with Crippen LogP contribution in [-0.4, -0.2) is 34.4 Å². The Morgan fingerprint density at radius 2 is 2.04 bits per heavy atom. The molecule has 0 amide bonds. The van der Waals surface area contributed by atoms with Gasteiger partial charge in [-0.25, -0.2) is 4.68 Å². The van der Waals surface area contributed by atoms with Crippen LogP contribution < -0.4 is 14.8 Å². The molecule has 4 rings (SSSR count). The lowest BCUT2D eigenvalue weighted by molar-refractivity contribution is 0.371. The van der Waals surface area contributed by atoms with E-state index in [1.54, 1.807) is 18.9 Å². The second-order valence-corrected chi connectivity index (χ2v) is 6.97. The zero-order chi connectivity index (χ0) is 18.1. The van der Waals surface area contributed by atoms with Crippen LogP contribution in [0.5, 0.6) is 11.5 Å². The second kappa shape index (κ2) is 6.95. The van der Waals surface area contributed by atoms with Gasteiger partial charge in [0.15, 0.2) is 0 Å². The molecular weight excluding hydrogens is 398 g/mol. The van der Waals surface area contributed by atoms with E-state index in [1.807, 2.05) is 30.3 Å². The highest BCUT2D eigenvalue weighted by Crippen LogP contribution is 2.41. The predicted molar refractivity (Wildman–Crippen MR) is 101 cm³/mol. The van der Waals surface area contributed by atoms with Gasteiger partial charge < -0.3 is 14.8 Å². The van der Waals surface area contributed by atoms with Crippen molar-refractivity contribution in [2.45, 2.75) is 18.5 Å². The van der Waals surface area contributed by atoms with E-state index < -0.39 is 0 Å². The van der Waals surface area contributed by atoms with Crippen LogP contribution in [0.25, 0.3) is 0 Å². The number of rotatable bonds is 4. The highest BCUT2D eigenvalue weighted by Gasteiger charge is 2.32. The summed E-state index contributed by atoms with van der Waals surface area (Å²) in [4.78, 5) is 0. The summed E-state index contributed by atoms with van der Waals surface area (Å²) in [6, 6.07) is 14.0. The fraction of sp³-hybridized carbons (Fsp3) is 0.278. The zero-order valence-corrected chi connectivity index (χ0v) is 16.0. The number of tetrazole rings is 1. The maximum Gasteiger partial charge on any atom is 0.243 e. The maximum atomic E-state index is 5.58. The summed E-state index contributed by atoms with van der Waals surface area (Å²) in [5.41, 5.74) is 2.15. The number of hydrogen-bond donors (Lipinski definition) is 1. The maximum absolute atomic E-state index is 5.58. The van der Waals surface area contributed by atoms with Gasteiger partial charge in [-0.3, -0.25) is 0 Å². The van der Waals surface area contributed by atoms with Crippen molar-refractivity contribution in [1.82, 2.24) is 20.2 Å². The van der Waals surface area contributed by atoms with Gasteiger partial charge in [0.2, 0.25) is 5.95 Å². The molecule has 134 valence electrons. The van der Waals surface area contributed by atoms with Crippen LogP contribution >= 0.6 is 15.9 Å². The van der Waals surface area contributed by atoms with Gasteiger partial charge in [0, 0.05) is 10.0 Å². The minimum atomic E-state index is -0.0738. The van der Waals surface area contributed by atoms with E-state index in [9.17, 15) is 0 Å². The molecule has 26 heavy (non-hydrogen) atoms. The molecule has 0 spiro atoms. The van der Waals surface area contributed by atoms with Crippen LogP contribution in [0.15, 0.2) is 46.9 Å². The first-order valence-electron chi connectivity index (χ1n) is 8.21. The molecule has 1 aromatic heterocycles. The summed E-state index contributed by atoms with van der Waals surface area (Å²) < 4.78 is 13.8. The third kappa shape index (κ3) is 3.01. The SMILES string of the molecule is COc1ccc(OC)c([C@H]2C[C@H](c3cccc(Br)c3)Nc3nnnn32)c1. The molecule has 0 unspecified atom stereocenters. The molecule has 8 heteroatoms. The van der Waals surface area contributed by atoms with E-state index >= 15 is 0 Å². The van der Waals surface area contributed by atoms with Crippen LogP contribution in [0.3, 0.4) is 0 Å². The summed E-state index contributed by atoms with van der Waals surface area (Å²) in [5, 5.41) is 15.6. The molecule has 1 aliphatic rings. The fourth-order valence-electron chi connectivity index (χ4n) is 3.34. The van der Waals surface area contributed by atoms with E-state index in [1.165, 1.54) is 5.56 Å². The minimum Gasteiger partial charge on any atom is -0.497 e. The molecule has 1 aliphatic heterocycles. The molecule has 0 saturated heterocycles. The standard InChI is InChI=1S/C18H18BrN5O2/c1-25-13-6-7-17(26-2)14(9-13)16-10-15(11-4-3-5-12(19)8-11)20-18-21-22-23-24(16)18/h3-9,15-16H,10H2,1-2H3,(H,20,21,23)/t15-,16-/m1/s1. The van der Waals surface area contributed by atoms with Gasteiger partial charge in [0.1, 0.15) is 11.5 Å². The second-order valence-electron chi connectivity index (χ2n) is 6.06. The van der Waals surface area contributed by atoms with Gasteiger partial charge in [-0.1, -0.05) is 33.2 Å². The predicted octanol–water partition coefficient (Wildman–Crippen LogP) is 3.60. The number of nitrogens with one attached hydrogen (secondary N) is 1. The molecule has 0 radical (unpaired) electrons. The Hall–Kier alpha value is -2.61. The molecule has 7 nitrogen and oxygen atoms in total. The molecule has 0 fully saturated rings. The number of aromatic nitrogens is 4. The lowest BCUT2D eigenvalue weighted by Gasteiger charge is -2.31. The van der Waals surface area contributed by atoms with Crippen molar-refractivity contribution in [1.29, 1.82) is 0 Å². The first-order chi connectivity index (χ1) is 12.7. The Balaban J connectivity index is 1.79. The van der Waals surface area contributed by atoms with Crippen LogP contribution in [0.4, 0.5) is 5.95 Å². The molecule has 2 aromatic carbocycles. The van der Waals surface area contributed by atoms with E-state index in [4.69, 9.17) is 9.47 Å². The van der Waals surface area contributed by atoms with Gasteiger partial charge in [-0.2, -0.15) is 0 Å². The van der Waals surface area contributed by atoms with E-state index in [-0.39, 0.29) is 12.1 Å². The molecule has 0 aliphatic carbocycles. The molecule has 2 atom stereocenters. The fourth-order valence-corrected chi connectivity index (χ4v) is 3.75. The number of methoxy groups -OCH3 is 2. The van der Waals surface area contributed by atoms with Gasteiger partial charge >= 0.3 is 0 Å². The van der Waals surface area contributed by atoms with Crippen molar-refractivity contribution in [2.75, 3.05) is 19.5 Å². The lowest BCUT2D eigenvalue weighted by Crippen LogP contribution is -2.28. The van der Waals surface area contributed by atoms with Crippen LogP contribution in [-0.2, 0) is 0 Å². The third-order valence-corrected chi connectivity index (χ3v) is 5.09. The molecular formula is C18H18BrN5O2.